The van der Waals surface area contributed by atoms with Gasteiger partial charge in [-0.1, -0.05) is 6.42 Å². The van der Waals surface area contributed by atoms with E-state index in [1.54, 1.807) is 0 Å². The Morgan fingerprint density at radius 3 is 2.44 bits per heavy atom. The lowest BCUT2D eigenvalue weighted by molar-refractivity contribution is -0.140. The Hall–Kier alpha value is -0.620. The summed E-state index contributed by atoms with van der Waals surface area (Å²) < 4.78 is 23.9. The second-order valence-corrected chi connectivity index (χ2v) is 7.81. The number of aliphatic carboxylic acids is 1. The number of likely N-dealkylation sites (tertiary alicyclic amines) is 1. The second-order valence-electron chi connectivity index (χ2n) is 5.58. The van der Waals surface area contributed by atoms with Gasteiger partial charge in [-0.25, -0.2) is 8.42 Å². The van der Waals surface area contributed by atoms with Crippen molar-refractivity contribution in [3.63, 3.8) is 0 Å². The summed E-state index contributed by atoms with van der Waals surface area (Å²) >= 11 is 0. The molecule has 0 aromatic carbocycles. The molecule has 2 atom stereocenters. The van der Waals surface area contributed by atoms with E-state index in [0.29, 0.717) is 12.8 Å². The largest absolute Gasteiger partial charge is 0.481 e. The SMILES string of the molecule is CS(=O)(=O)C1CCCC1(CC(=O)O)N1CCCC1. The van der Waals surface area contributed by atoms with E-state index in [-0.39, 0.29) is 6.42 Å². The van der Waals surface area contributed by atoms with E-state index in [1.807, 2.05) is 0 Å². The van der Waals surface area contributed by atoms with Gasteiger partial charge in [-0.15, -0.1) is 0 Å². The molecule has 1 saturated heterocycles. The molecular formula is C12H21NO4S. The molecule has 2 rings (SSSR count). The van der Waals surface area contributed by atoms with Crippen molar-refractivity contribution in [1.29, 1.82) is 0 Å². The third-order valence-corrected chi connectivity index (χ3v) is 6.09. The minimum absolute atomic E-state index is 0.0509. The third kappa shape index (κ3) is 2.40. The number of carboxylic acids is 1. The standard InChI is InChI=1S/C12H21NO4S/c1-18(16,17)10-5-4-6-12(10,9-11(14)15)13-7-2-3-8-13/h10H,2-9H2,1H3,(H,14,15). The van der Waals surface area contributed by atoms with E-state index in [4.69, 9.17) is 5.11 Å². The van der Waals surface area contributed by atoms with Gasteiger partial charge in [0.2, 0.25) is 0 Å². The summed E-state index contributed by atoms with van der Waals surface area (Å²) in [5.74, 6) is -0.891. The van der Waals surface area contributed by atoms with Gasteiger partial charge in [0.25, 0.3) is 0 Å². The molecule has 1 saturated carbocycles. The van der Waals surface area contributed by atoms with Crippen molar-refractivity contribution in [3.8, 4) is 0 Å². The summed E-state index contributed by atoms with van der Waals surface area (Å²) in [6.45, 7) is 1.67. The Morgan fingerprint density at radius 1 is 1.33 bits per heavy atom. The summed E-state index contributed by atoms with van der Waals surface area (Å²) in [4.78, 5) is 13.3. The molecule has 2 fully saturated rings. The number of nitrogens with zero attached hydrogens (tertiary/aromatic N) is 1. The molecule has 1 N–H and O–H groups in total. The highest BCUT2D eigenvalue weighted by Gasteiger charge is 2.53. The first-order valence-corrected chi connectivity index (χ1v) is 8.47. The van der Waals surface area contributed by atoms with Crippen LogP contribution in [0.15, 0.2) is 0 Å². The Labute approximate surface area is 108 Å². The summed E-state index contributed by atoms with van der Waals surface area (Å²) in [5.41, 5.74) is -0.657. The van der Waals surface area contributed by atoms with Crippen LogP contribution in [-0.4, -0.2) is 54.5 Å². The molecule has 1 heterocycles. The maximum absolute atomic E-state index is 12.0. The van der Waals surface area contributed by atoms with Crippen molar-refractivity contribution >= 4 is 15.8 Å². The predicted molar refractivity (Wildman–Crippen MR) is 68.3 cm³/mol. The molecule has 0 aromatic rings. The zero-order chi connectivity index (χ0) is 13.4. The van der Waals surface area contributed by atoms with E-state index >= 15 is 0 Å². The van der Waals surface area contributed by atoms with Crippen molar-refractivity contribution in [3.05, 3.63) is 0 Å². The van der Waals surface area contributed by atoms with E-state index in [0.717, 1.165) is 32.4 Å². The lowest BCUT2D eigenvalue weighted by Gasteiger charge is -2.41. The maximum Gasteiger partial charge on any atom is 0.305 e. The highest BCUT2D eigenvalue weighted by Crippen LogP contribution is 2.43. The van der Waals surface area contributed by atoms with Gasteiger partial charge in [-0.3, -0.25) is 9.69 Å². The molecule has 1 aliphatic heterocycles. The number of carbonyl (C=O) groups is 1. The van der Waals surface area contributed by atoms with E-state index < -0.39 is 26.6 Å². The topological polar surface area (TPSA) is 74.7 Å². The molecule has 0 radical (unpaired) electrons. The lowest BCUT2D eigenvalue weighted by Crippen LogP contribution is -2.56. The molecule has 0 aromatic heterocycles. The van der Waals surface area contributed by atoms with Crippen LogP contribution < -0.4 is 0 Å². The summed E-state index contributed by atoms with van der Waals surface area (Å²) in [7, 11) is -3.20. The average molecular weight is 275 g/mol. The predicted octanol–water partition coefficient (Wildman–Crippen LogP) is 0.893. The monoisotopic (exact) mass is 275 g/mol. The molecule has 18 heavy (non-hydrogen) atoms. The van der Waals surface area contributed by atoms with Gasteiger partial charge in [0.05, 0.1) is 11.7 Å². The van der Waals surface area contributed by atoms with Crippen molar-refractivity contribution < 1.29 is 18.3 Å². The second kappa shape index (κ2) is 4.81. The molecule has 6 heteroatoms. The van der Waals surface area contributed by atoms with Crippen LogP contribution >= 0.6 is 0 Å². The zero-order valence-electron chi connectivity index (χ0n) is 10.8. The maximum atomic E-state index is 12.0. The first kappa shape index (κ1) is 13.8. The molecule has 0 bridgehead atoms. The van der Waals surface area contributed by atoms with Crippen molar-refractivity contribution in [2.45, 2.75) is 49.3 Å². The van der Waals surface area contributed by atoms with Crippen molar-refractivity contribution in [1.82, 2.24) is 4.90 Å². The highest BCUT2D eigenvalue weighted by molar-refractivity contribution is 7.91. The fourth-order valence-electron chi connectivity index (χ4n) is 3.74. The molecule has 1 aliphatic carbocycles. The number of hydrogen-bond donors (Lipinski definition) is 1. The third-order valence-electron chi connectivity index (χ3n) is 4.39. The Bertz CT molecular complexity index is 427. The summed E-state index contributed by atoms with van der Waals surface area (Å²) in [6.07, 6.45) is 5.37. The van der Waals surface area contributed by atoms with Crippen LogP contribution in [0.4, 0.5) is 0 Å². The lowest BCUT2D eigenvalue weighted by atomic mass is 9.90. The van der Waals surface area contributed by atoms with E-state index in [1.165, 1.54) is 6.26 Å². The average Bonchev–Trinajstić information content (AvgIpc) is 2.81. The van der Waals surface area contributed by atoms with Crippen LogP contribution in [-0.2, 0) is 14.6 Å². The van der Waals surface area contributed by atoms with E-state index in [9.17, 15) is 13.2 Å². The Kier molecular flexibility index (Phi) is 3.69. The summed E-state index contributed by atoms with van der Waals surface area (Å²) in [6, 6.07) is 0. The summed E-state index contributed by atoms with van der Waals surface area (Å²) in [5, 5.41) is 8.65. The van der Waals surface area contributed by atoms with Gasteiger partial charge in [-0.05, 0) is 38.8 Å². The fourth-order valence-corrected chi connectivity index (χ4v) is 5.48. The molecular weight excluding hydrogens is 254 g/mol. The molecule has 0 spiro atoms. The van der Waals surface area contributed by atoms with Crippen LogP contribution in [0, 0.1) is 0 Å². The molecule has 2 unspecified atom stereocenters. The van der Waals surface area contributed by atoms with Crippen LogP contribution in [0.25, 0.3) is 0 Å². The van der Waals surface area contributed by atoms with Crippen molar-refractivity contribution in [2.24, 2.45) is 0 Å². The Balaban J connectivity index is 2.36. The van der Waals surface area contributed by atoms with Crippen LogP contribution in [0.5, 0.6) is 0 Å². The number of carboxylic acid groups (broad SMARTS) is 1. The van der Waals surface area contributed by atoms with Gasteiger partial charge in [-0.2, -0.15) is 0 Å². The Morgan fingerprint density at radius 2 is 1.94 bits per heavy atom. The van der Waals surface area contributed by atoms with Crippen LogP contribution in [0.1, 0.15) is 38.5 Å². The van der Waals surface area contributed by atoms with Gasteiger partial charge in [0, 0.05) is 11.8 Å². The fraction of sp³-hybridized carbons (Fsp3) is 0.917. The number of rotatable bonds is 4. The first-order valence-electron chi connectivity index (χ1n) is 6.52. The van der Waals surface area contributed by atoms with Gasteiger partial charge in [0.1, 0.15) is 0 Å². The first-order chi connectivity index (χ1) is 8.36. The number of hydrogen-bond acceptors (Lipinski definition) is 4. The highest BCUT2D eigenvalue weighted by atomic mass is 32.2. The molecule has 104 valence electrons. The molecule has 5 nitrogen and oxygen atoms in total. The van der Waals surface area contributed by atoms with Crippen molar-refractivity contribution in [2.75, 3.05) is 19.3 Å². The van der Waals surface area contributed by atoms with Gasteiger partial charge < -0.3 is 5.11 Å². The van der Waals surface area contributed by atoms with E-state index in [2.05, 4.69) is 4.90 Å². The minimum Gasteiger partial charge on any atom is -0.481 e. The quantitative estimate of drug-likeness (QED) is 0.825. The molecule has 2 aliphatic rings. The zero-order valence-corrected chi connectivity index (χ0v) is 11.6. The molecule has 0 amide bonds. The normalized spacial score (nSPS) is 33.9. The smallest absolute Gasteiger partial charge is 0.305 e. The van der Waals surface area contributed by atoms with Crippen LogP contribution in [0.2, 0.25) is 0 Å². The number of sulfone groups is 1. The van der Waals surface area contributed by atoms with Gasteiger partial charge in [0.15, 0.2) is 9.84 Å². The van der Waals surface area contributed by atoms with Gasteiger partial charge >= 0.3 is 5.97 Å². The minimum atomic E-state index is -3.20. The van der Waals surface area contributed by atoms with Crippen LogP contribution in [0.3, 0.4) is 0 Å².